The molecule has 48 heavy (non-hydrogen) atoms. The molecule has 10 atom stereocenters. The van der Waals surface area contributed by atoms with Crippen LogP contribution in [-0.2, 0) is 27.7 Å². The monoisotopic (exact) mass is 748 g/mol. The van der Waals surface area contributed by atoms with Crippen LogP contribution in [0.15, 0.2) is 25.3 Å². The summed E-state index contributed by atoms with van der Waals surface area (Å²) in [5.74, 6) is 0.945. The van der Waals surface area contributed by atoms with E-state index in [-0.39, 0.29) is 0 Å². The molecule has 2 saturated heterocycles. The van der Waals surface area contributed by atoms with Crippen molar-refractivity contribution in [2.75, 3.05) is 36.9 Å². The molecule has 0 spiro atoms. The van der Waals surface area contributed by atoms with E-state index in [1.54, 1.807) is 0 Å². The highest BCUT2D eigenvalue weighted by Gasteiger charge is 2.47. The van der Waals surface area contributed by atoms with Crippen LogP contribution in [0.2, 0.25) is 0 Å². The van der Waals surface area contributed by atoms with Crippen molar-refractivity contribution >= 4 is 72.9 Å². The average molecular weight is 749 g/mol. The molecule has 24 heteroatoms. The summed E-state index contributed by atoms with van der Waals surface area (Å²) in [4.78, 5) is 26.0. The van der Waals surface area contributed by atoms with Gasteiger partial charge in [-0.1, -0.05) is 24.5 Å². The van der Waals surface area contributed by atoms with E-state index >= 15 is 0 Å². The zero-order valence-electron chi connectivity index (χ0n) is 24.9. The lowest BCUT2D eigenvalue weighted by atomic mass is 10.1. The molecule has 6 heterocycles. The molecule has 3 unspecified atom stereocenters. The van der Waals surface area contributed by atoms with Gasteiger partial charge in [-0.15, -0.1) is 0 Å². The predicted molar refractivity (Wildman–Crippen MR) is 177 cm³/mol. The third-order valence-electron chi connectivity index (χ3n) is 7.91. The van der Waals surface area contributed by atoms with Gasteiger partial charge < -0.3 is 49.6 Å². The number of aromatic nitrogens is 8. The summed E-state index contributed by atoms with van der Waals surface area (Å²) in [5.41, 5.74) is 1.64. The Hall–Kier alpha value is -2.46. The largest absolute Gasteiger partial charge is 0.394 e. The fourth-order valence-electron chi connectivity index (χ4n) is 5.67. The molecule has 0 bridgehead atoms. The van der Waals surface area contributed by atoms with Gasteiger partial charge in [-0.25, -0.2) is 29.9 Å². The summed E-state index contributed by atoms with van der Waals surface area (Å²) in [7, 11) is -5.47. The number of nitrogens with zero attached hydrogens (tertiary/aromatic N) is 8. The van der Waals surface area contributed by atoms with E-state index < -0.39 is 76.8 Å². The van der Waals surface area contributed by atoms with Gasteiger partial charge in [0.15, 0.2) is 46.4 Å². The van der Waals surface area contributed by atoms with Crippen molar-refractivity contribution in [3.63, 3.8) is 0 Å². The molecular formula is C24H34N10O10P2S2. The zero-order valence-corrected chi connectivity index (χ0v) is 28.7. The van der Waals surface area contributed by atoms with E-state index in [1.807, 2.05) is 0 Å². The fourth-order valence-corrected chi connectivity index (χ4v) is 7.38. The van der Waals surface area contributed by atoms with Crippen LogP contribution in [0, 0.1) is 0 Å². The zero-order chi connectivity index (χ0) is 33.9. The number of hydrogen-bond donors (Lipinski definition) is 8. The maximum absolute atomic E-state index is 11.7. The molecule has 0 amide bonds. The van der Waals surface area contributed by atoms with Gasteiger partial charge in [-0.3, -0.25) is 18.3 Å². The normalized spacial score (nSPS) is 28.7. The summed E-state index contributed by atoms with van der Waals surface area (Å²) in [6, 6.07) is 0. The Morgan fingerprint density at radius 1 is 0.729 bits per heavy atom. The second-order valence-corrected chi connectivity index (χ2v) is 14.6. The summed E-state index contributed by atoms with van der Waals surface area (Å²) in [5, 5.41) is 46.7. The summed E-state index contributed by atoms with van der Waals surface area (Å²) in [6.07, 6.45) is -1.39. The van der Waals surface area contributed by atoms with Crippen LogP contribution in [0.25, 0.3) is 22.3 Å². The minimum atomic E-state index is -2.73. The van der Waals surface area contributed by atoms with E-state index in [9.17, 15) is 29.6 Å². The van der Waals surface area contributed by atoms with Gasteiger partial charge in [0.2, 0.25) is 14.5 Å². The first-order valence-corrected chi connectivity index (χ1v) is 19.9. The van der Waals surface area contributed by atoms with Gasteiger partial charge >= 0.3 is 0 Å². The van der Waals surface area contributed by atoms with Crippen molar-refractivity contribution in [1.82, 2.24) is 39.0 Å². The van der Waals surface area contributed by atoms with E-state index in [0.717, 1.165) is 12.8 Å². The Kier molecular flexibility index (Phi) is 11.5. The number of nitrogens with one attached hydrogen (secondary N) is 2. The van der Waals surface area contributed by atoms with Gasteiger partial charge in [-0.05, 0) is 12.8 Å². The van der Waals surface area contributed by atoms with Crippen LogP contribution in [0.3, 0.4) is 0 Å². The van der Waals surface area contributed by atoms with E-state index in [0.29, 0.717) is 47.1 Å². The number of aliphatic hydroxyl groups excluding tert-OH is 4. The number of rotatable bonds is 15. The molecule has 4 aromatic heterocycles. The Morgan fingerprint density at radius 3 is 1.52 bits per heavy atom. The van der Waals surface area contributed by atoms with Crippen LogP contribution in [0.4, 0.5) is 11.6 Å². The number of anilines is 2. The molecular weight excluding hydrogens is 714 g/mol. The SMILES string of the molecule is O=[PH](S)O[C@@H]1[C@H](O)[C@@H](CO)O[C@H]1n1cnc2c(NCCCCNc3ncnc4c3ncn4C3O[C@H](CO)[C@@H](O)[C@H]3O[PH](=O)S)ncnc21. The van der Waals surface area contributed by atoms with Crippen LogP contribution < -0.4 is 10.6 Å². The Labute approximate surface area is 283 Å². The molecule has 0 aromatic carbocycles. The number of hydrogen-bond acceptors (Lipinski definition) is 18. The van der Waals surface area contributed by atoms with E-state index in [4.69, 9.17) is 18.5 Å². The summed E-state index contributed by atoms with van der Waals surface area (Å²) in [6.45, 7) is 0.137. The number of fused-ring (bicyclic) bond motifs is 2. The third kappa shape index (κ3) is 7.21. The summed E-state index contributed by atoms with van der Waals surface area (Å²) < 4.78 is 48.7. The molecule has 0 saturated carbocycles. The fraction of sp³-hybridized carbons (Fsp3) is 0.583. The van der Waals surface area contributed by atoms with Crippen LogP contribution in [0.5, 0.6) is 0 Å². The van der Waals surface area contributed by atoms with E-state index in [2.05, 4.69) is 65.0 Å². The molecule has 2 aliphatic heterocycles. The minimum Gasteiger partial charge on any atom is -0.394 e. The van der Waals surface area contributed by atoms with Crippen molar-refractivity contribution < 1.29 is 48.1 Å². The van der Waals surface area contributed by atoms with Gasteiger partial charge in [0.1, 0.15) is 49.3 Å². The van der Waals surface area contributed by atoms with Crippen LogP contribution in [0.1, 0.15) is 25.3 Å². The smallest absolute Gasteiger partial charge is 0.243 e. The lowest BCUT2D eigenvalue weighted by molar-refractivity contribution is -0.0481. The van der Waals surface area contributed by atoms with Crippen molar-refractivity contribution in [3.8, 4) is 0 Å². The maximum Gasteiger partial charge on any atom is 0.243 e. The summed E-state index contributed by atoms with van der Waals surface area (Å²) >= 11 is 7.65. The van der Waals surface area contributed by atoms with Gasteiger partial charge in [0.25, 0.3) is 0 Å². The lowest BCUT2D eigenvalue weighted by Crippen LogP contribution is -2.34. The van der Waals surface area contributed by atoms with Crippen LogP contribution in [-0.4, -0.2) is 122 Å². The number of unbranched alkanes of at least 4 members (excludes halogenated alkanes) is 1. The highest BCUT2D eigenvalue weighted by molar-refractivity contribution is 8.39. The third-order valence-corrected chi connectivity index (χ3v) is 9.49. The first-order valence-electron chi connectivity index (χ1n) is 14.7. The van der Waals surface area contributed by atoms with Crippen molar-refractivity contribution in [2.24, 2.45) is 0 Å². The number of imidazole rings is 2. The average Bonchev–Trinajstić information content (AvgIpc) is 3.83. The second kappa shape index (κ2) is 15.6. The number of thiol groups is 2. The molecule has 20 nitrogen and oxygen atoms in total. The van der Waals surface area contributed by atoms with E-state index in [1.165, 1.54) is 34.4 Å². The first kappa shape index (κ1) is 35.4. The first-order chi connectivity index (χ1) is 23.2. The lowest BCUT2D eigenvalue weighted by Gasteiger charge is -2.20. The maximum atomic E-state index is 11.7. The predicted octanol–water partition coefficient (Wildman–Crippen LogP) is 0.181. The standard InChI is InChI=1S/C24H34N10O10P2S2/c35-5-11-15(37)17(43-45(39)47)23(41-11)33-9-31-13-19(27-7-29-21(13)33)25-3-1-2-4-26-20-14-22(30-8-28-20)34(10-32-14)24-18(44-46(40)48)16(38)12(6-36)42-24/h7-12,15-18,23-24,35-38,45-46H,1-6H2,(H,39,47)(H,40,48)(H,25,27,29)(H,26,28,30)/t11-,12-,15-,16-,17-,18-,23-,24?/m1/s1. The Bertz CT molecular complexity index is 1650. The number of ether oxygens (including phenoxy) is 2. The quantitative estimate of drug-likeness (QED) is 0.0458. The molecule has 0 aliphatic carbocycles. The minimum absolute atomic E-state index is 0.381. The molecule has 6 rings (SSSR count). The topological polar surface area (TPSA) is 263 Å². The van der Waals surface area contributed by atoms with Gasteiger partial charge in [-0.2, -0.15) is 0 Å². The van der Waals surface area contributed by atoms with Gasteiger partial charge in [0.05, 0.1) is 25.9 Å². The second-order valence-electron chi connectivity index (χ2n) is 10.8. The molecule has 4 aromatic rings. The van der Waals surface area contributed by atoms with Crippen LogP contribution >= 0.6 is 39.0 Å². The molecule has 2 aliphatic rings. The molecule has 0 radical (unpaired) electrons. The molecule has 262 valence electrons. The Morgan fingerprint density at radius 2 is 1.15 bits per heavy atom. The number of aliphatic hydroxyl groups is 4. The molecule has 2 fully saturated rings. The van der Waals surface area contributed by atoms with Crippen molar-refractivity contribution in [3.05, 3.63) is 25.3 Å². The van der Waals surface area contributed by atoms with Crippen molar-refractivity contribution in [2.45, 2.75) is 61.9 Å². The van der Waals surface area contributed by atoms with Crippen molar-refractivity contribution in [1.29, 1.82) is 0 Å². The highest BCUT2D eigenvalue weighted by atomic mass is 32.7. The highest BCUT2D eigenvalue weighted by Crippen LogP contribution is 2.42. The molecule has 6 N–H and O–H groups in total. The Balaban J connectivity index is 1.06. The van der Waals surface area contributed by atoms with Gasteiger partial charge in [0, 0.05) is 13.1 Å².